The molecule has 2 aromatic rings. The summed E-state index contributed by atoms with van der Waals surface area (Å²) in [5, 5.41) is 5.44. The number of carbonyl (C=O) groups excluding carboxylic acids is 3. The minimum atomic E-state index is -1.01. The Kier molecular flexibility index (Phi) is 5.63. The van der Waals surface area contributed by atoms with Crippen LogP contribution in [0.1, 0.15) is 24.5 Å². The van der Waals surface area contributed by atoms with E-state index >= 15 is 0 Å². The standard InChI is InChI=1S/C21H22N2O5/c1-12-8-9-13(2)16(10-12)23-20(25)14(3)27-19(24)11-18-21(26)22-15-6-4-5-7-17(15)28-18/h4-10,14,18H,11H2,1-3H3,(H,22,26)(H,23,25)/t14-,18+/m1/s1. The van der Waals surface area contributed by atoms with Crippen LogP contribution in [-0.2, 0) is 19.1 Å². The summed E-state index contributed by atoms with van der Waals surface area (Å²) in [6, 6.07) is 12.6. The number of amides is 2. The third-order valence-corrected chi connectivity index (χ3v) is 4.39. The van der Waals surface area contributed by atoms with Crippen LogP contribution in [0.25, 0.3) is 0 Å². The van der Waals surface area contributed by atoms with Crippen molar-refractivity contribution in [2.75, 3.05) is 10.6 Å². The van der Waals surface area contributed by atoms with Gasteiger partial charge in [-0.3, -0.25) is 14.4 Å². The molecule has 0 saturated carbocycles. The van der Waals surface area contributed by atoms with Gasteiger partial charge in [-0.15, -0.1) is 0 Å². The van der Waals surface area contributed by atoms with Crippen molar-refractivity contribution in [3.8, 4) is 5.75 Å². The second-order valence-electron chi connectivity index (χ2n) is 6.74. The van der Waals surface area contributed by atoms with Gasteiger partial charge in [0.1, 0.15) is 5.75 Å². The zero-order valence-electron chi connectivity index (χ0n) is 15.9. The first-order chi connectivity index (χ1) is 13.3. The molecule has 0 spiro atoms. The van der Waals surface area contributed by atoms with Gasteiger partial charge in [-0.1, -0.05) is 24.3 Å². The Balaban J connectivity index is 1.56. The van der Waals surface area contributed by atoms with Crippen LogP contribution in [0.4, 0.5) is 11.4 Å². The highest BCUT2D eigenvalue weighted by Crippen LogP contribution is 2.29. The highest BCUT2D eigenvalue weighted by Gasteiger charge is 2.31. The molecule has 0 aromatic heterocycles. The van der Waals surface area contributed by atoms with E-state index in [-0.39, 0.29) is 6.42 Å². The monoisotopic (exact) mass is 382 g/mol. The van der Waals surface area contributed by atoms with Gasteiger partial charge >= 0.3 is 5.97 Å². The van der Waals surface area contributed by atoms with Crippen molar-refractivity contribution in [3.63, 3.8) is 0 Å². The van der Waals surface area contributed by atoms with Crippen molar-refractivity contribution in [2.24, 2.45) is 0 Å². The lowest BCUT2D eigenvalue weighted by Gasteiger charge is -2.25. The number of hydrogen-bond donors (Lipinski definition) is 2. The summed E-state index contributed by atoms with van der Waals surface area (Å²) in [5.41, 5.74) is 3.13. The van der Waals surface area contributed by atoms with Gasteiger partial charge in [0.25, 0.3) is 11.8 Å². The summed E-state index contributed by atoms with van der Waals surface area (Å²) in [4.78, 5) is 36.6. The molecule has 1 aliphatic rings. The number of para-hydroxylation sites is 2. The SMILES string of the molecule is Cc1ccc(C)c(NC(=O)[C@@H](C)OC(=O)C[C@@H]2Oc3ccccc3NC2=O)c1. The van der Waals surface area contributed by atoms with E-state index in [9.17, 15) is 14.4 Å². The van der Waals surface area contributed by atoms with Crippen molar-refractivity contribution in [1.29, 1.82) is 0 Å². The third kappa shape index (κ3) is 4.49. The van der Waals surface area contributed by atoms with Crippen LogP contribution >= 0.6 is 0 Å². The molecule has 7 nitrogen and oxygen atoms in total. The topological polar surface area (TPSA) is 93.7 Å². The zero-order chi connectivity index (χ0) is 20.3. The van der Waals surface area contributed by atoms with Crippen molar-refractivity contribution >= 4 is 29.2 Å². The molecular weight excluding hydrogens is 360 g/mol. The molecule has 1 aliphatic heterocycles. The number of benzene rings is 2. The molecule has 2 aromatic carbocycles. The maximum Gasteiger partial charge on any atom is 0.310 e. The Morgan fingerprint density at radius 1 is 1.21 bits per heavy atom. The average Bonchev–Trinajstić information content (AvgIpc) is 2.65. The van der Waals surface area contributed by atoms with Crippen LogP contribution < -0.4 is 15.4 Å². The molecule has 0 bridgehead atoms. The van der Waals surface area contributed by atoms with Gasteiger partial charge in [0.15, 0.2) is 12.2 Å². The second kappa shape index (κ2) is 8.12. The summed E-state index contributed by atoms with van der Waals surface area (Å²) in [6.07, 6.45) is -2.30. The molecule has 0 unspecified atom stereocenters. The molecule has 146 valence electrons. The van der Waals surface area contributed by atoms with Gasteiger partial charge in [-0.05, 0) is 50.1 Å². The fourth-order valence-electron chi connectivity index (χ4n) is 2.78. The Morgan fingerprint density at radius 2 is 1.96 bits per heavy atom. The molecule has 0 saturated heterocycles. The lowest BCUT2D eigenvalue weighted by atomic mass is 10.1. The van der Waals surface area contributed by atoms with E-state index in [1.54, 1.807) is 24.3 Å². The summed E-state index contributed by atoms with van der Waals surface area (Å²) >= 11 is 0. The molecule has 2 amide bonds. The first-order valence-corrected chi connectivity index (χ1v) is 8.97. The molecule has 3 rings (SSSR count). The summed E-state index contributed by atoms with van der Waals surface area (Å²) in [7, 11) is 0. The van der Waals surface area contributed by atoms with Crippen LogP contribution in [0, 0.1) is 13.8 Å². The Bertz CT molecular complexity index is 925. The van der Waals surface area contributed by atoms with E-state index in [0.29, 0.717) is 17.1 Å². The number of fused-ring (bicyclic) bond motifs is 1. The normalized spacial score (nSPS) is 16.2. The molecule has 2 atom stereocenters. The molecule has 7 heteroatoms. The van der Waals surface area contributed by atoms with E-state index in [0.717, 1.165) is 11.1 Å². The molecular formula is C21H22N2O5. The van der Waals surface area contributed by atoms with Crippen LogP contribution in [0.5, 0.6) is 5.75 Å². The number of nitrogens with one attached hydrogen (secondary N) is 2. The molecule has 1 heterocycles. The predicted molar refractivity (Wildman–Crippen MR) is 104 cm³/mol. The van der Waals surface area contributed by atoms with E-state index < -0.39 is 30.0 Å². The summed E-state index contributed by atoms with van der Waals surface area (Å²) < 4.78 is 10.8. The number of hydrogen-bond acceptors (Lipinski definition) is 5. The van der Waals surface area contributed by atoms with Crippen LogP contribution in [0.15, 0.2) is 42.5 Å². The van der Waals surface area contributed by atoms with Gasteiger partial charge in [-0.2, -0.15) is 0 Å². The zero-order valence-corrected chi connectivity index (χ0v) is 15.9. The molecule has 0 aliphatic carbocycles. The number of esters is 1. The Labute approximate surface area is 163 Å². The van der Waals surface area contributed by atoms with Crippen molar-refractivity contribution in [3.05, 3.63) is 53.6 Å². The first-order valence-electron chi connectivity index (χ1n) is 8.97. The minimum absolute atomic E-state index is 0.290. The van der Waals surface area contributed by atoms with E-state index in [1.165, 1.54) is 6.92 Å². The number of rotatable bonds is 5. The number of ether oxygens (including phenoxy) is 2. The predicted octanol–water partition coefficient (Wildman–Crippen LogP) is 2.96. The van der Waals surface area contributed by atoms with Crippen LogP contribution in [0.2, 0.25) is 0 Å². The maximum absolute atomic E-state index is 12.3. The van der Waals surface area contributed by atoms with Crippen LogP contribution in [-0.4, -0.2) is 30.0 Å². The highest BCUT2D eigenvalue weighted by atomic mass is 16.6. The quantitative estimate of drug-likeness (QED) is 0.776. The van der Waals surface area contributed by atoms with Gasteiger partial charge in [0.2, 0.25) is 0 Å². The number of carbonyl (C=O) groups is 3. The first kappa shape index (κ1) is 19.4. The Morgan fingerprint density at radius 3 is 2.75 bits per heavy atom. The Hall–Kier alpha value is -3.35. The van der Waals surface area contributed by atoms with Crippen LogP contribution in [0.3, 0.4) is 0 Å². The molecule has 28 heavy (non-hydrogen) atoms. The number of aryl methyl sites for hydroxylation is 2. The molecule has 0 fully saturated rings. The van der Waals surface area contributed by atoms with E-state index in [4.69, 9.17) is 9.47 Å². The van der Waals surface area contributed by atoms with E-state index in [2.05, 4.69) is 10.6 Å². The van der Waals surface area contributed by atoms with Crippen molar-refractivity contribution in [1.82, 2.24) is 0 Å². The van der Waals surface area contributed by atoms with Gasteiger partial charge in [0.05, 0.1) is 12.1 Å². The van der Waals surface area contributed by atoms with Crippen molar-refractivity contribution in [2.45, 2.75) is 39.4 Å². The van der Waals surface area contributed by atoms with Gasteiger partial charge in [-0.25, -0.2) is 0 Å². The summed E-state index contributed by atoms with van der Waals surface area (Å²) in [5.74, 6) is -1.08. The second-order valence-corrected chi connectivity index (χ2v) is 6.74. The minimum Gasteiger partial charge on any atom is -0.478 e. The lowest BCUT2D eigenvalue weighted by molar-refractivity contribution is -0.155. The maximum atomic E-state index is 12.3. The smallest absolute Gasteiger partial charge is 0.310 e. The van der Waals surface area contributed by atoms with Gasteiger partial charge < -0.3 is 20.1 Å². The number of anilines is 2. The highest BCUT2D eigenvalue weighted by molar-refractivity contribution is 6.00. The van der Waals surface area contributed by atoms with E-state index in [1.807, 2.05) is 32.0 Å². The molecule has 2 N–H and O–H groups in total. The fraction of sp³-hybridized carbons (Fsp3) is 0.286. The average molecular weight is 382 g/mol. The van der Waals surface area contributed by atoms with Gasteiger partial charge in [0, 0.05) is 5.69 Å². The third-order valence-electron chi connectivity index (χ3n) is 4.39. The van der Waals surface area contributed by atoms with Crippen molar-refractivity contribution < 1.29 is 23.9 Å². The lowest BCUT2D eigenvalue weighted by Crippen LogP contribution is -2.40. The largest absolute Gasteiger partial charge is 0.478 e. The molecule has 0 radical (unpaired) electrons. The fourth-order valence-corrected chi connectivity index (χ4v) is 2.78. The summed E-state index contributed by atoms with van der Waals surface area (Å²) in [6.45, 7) is 5.28.